The number of rotatable bonds is 7. The second kappa shape index (κ2) is 6.72. The molecule has 0 amide bonds. The van der Waals surface area contributed by atoms with Crippen LogP contribution in [-0.2, 0) is 16.6 Å². The van der Waals surface area contributed by atoms with Crippen molar-refractivity contribution in [2.24, 2.45) is 0 Å². The van der Waals surface area contributed by atoms with Gasteiger partial charge in [-0.2, -0.15) is 0 Å². The summed E-state index contributed by atoms with van der Waals surface area (Å²) in [6.45, 7) is 0.300. The van der Waals surface area contributed by atoms with Crippen LogP contribution in [-0.4, -0.2) is 44.3 Å². The maximum Gasteiger partial charge on any atom is 0.213 e. The smallest absolute Gasteiger partial charge is 0.213 e. The third-order valence-electron chi connectivity index (χ3n) is 2.45. The number of aliphatic hydroxyl groups excluding tert-OH is 1. The van der Waals surface area contributed by atoms with Gasteiger partial charge in [-0.15, -0.1) is 0 Å². The number of benzene rings is 1. The van der Waals surface area contributed by atoms with Crippen molar-refractivity contribution in [3.8, 4) is 5.75 Å². The molecule has 0 saturated heterocycles. The van der Waals surface area contributed by atoms with Crippen LogP contribution in [0.2, 0.25) is 0 Å². The first-order valence-corrected chi connectivity index (χ1v) is 7.29. The minimum absolute atomic E-state index is 0.0355. The average Bonchev–Trinajstić information content (AvgIpc) is 2.35. The van der Waals surface area contributed by atoms with E-state index in [9.17, 15) is 8.42 Å². The van der Waals surface area contributed by atoms with Crippen molar-refractivity contribution in [1.29, 1.82) is 0 Å². The third-order valence-corrected chi connectivity index (χ3v) is 4.37. The Morgan fingerprint density at radius 2 is 2.06 bits per heavy atom. The summed E-state index contributed by atoms with van der Waals surface area (Å²) in [7, 11) is -0.123. The van der Waals surface area contributed by atoms with Gasteiger partial charge in [-0.05, 0) is 24.1 Å². The molecule has 5 nitrogen and oxygen atoms in total. The number of nitrogens with zero attached hydrogens (tertiary/aromatic N) is 1. The fourth-order valence-corrected chi connectivity index (χ4v) is 2.20. The Labute approximate surface area is 108 Å². The Bertz CT molecular complexity index is 471. The maximum absolute atomic E-state index is 11.5. The van der Waals surface area contributed by atoms with Gasteiger partial charge in [-0.25, -0.2) is 12.7 Å². The number of ether oxygens (including phenoxy) is 1. The van der Waals surface area contributed by atoms with Crippen LogP contribution in [0.1, 0.15) is 12.0 Å². The van der Waals surface area contributed by atoms with Crippen molar-refractivity contribution in [2.75, 3.05) is 26.5 Å². The molecule has 1 rings (SSSR count). The van der Waals surface area contributed by atoms with Gasteiger partial charge in [0.1, 0.15) is 5.75 Å². The van der Waals surface area contributed by atoms with Crippen molar-refractivity contribution in [3.05, 3.63) is 29.8 Å². The van der Waals surface area contributed by atoms with E-state index in [0.717, 1.165) is 5.56 Å². The second-order valence-electron chi connectivity index (χ2n) is 4.11. The van der Waals surface area contributed by atoms with Gasteiger partial charge in [0.15, 0.2) is 0 Å². The topological polar surface area (TPSA) is 66.8 Å². The minimum Gasteiger partial charge on any atom is -0.494 e. The highest BCUT2D eigenvalue weighted by Gasteiger charge is 2.12. The average molecular weight is 273 g/mol. The van der Waals surface area contributed by atoms with E-state index in [0.29, 0.717) is 18.8 Å². The van der Waals surface area contributed by atoms with Crippen molar-refractivity contribution in [2.45, 2.75) is 13.0 Å². The molecular weight excluding hydrogens is 254 g/mol. The van der Waals surface area contributed by atoms with Gasteiger partial charge in [-0.1, -0.05) is 12.1 Å². The number of sulfonamides is 1. The molecule has 0 unspecified atom stereocenters. The van der Waals surface area contributed by atoms with Gasteiger partial charge in [0.2, 0.25) is 10.0 Å². The summed E-state index contributed by atoms with van der Waals surface area (Å²) in [5, 5.41) is 8.96. The highest BCUT2D eigenvalue weighted by Crippen LogP contribution is 2.13. The molecule has 1 aromatic carbocycles. The van der Waals surface area contributed by atoms with Crippen molar-refractivity contribution in [1.82, 2.24) is 4.31 Å². The molecule has 0 aromatic heterocycles. The largest absolute Gasteiger partial charge is 0.494 e. The Balaban J connectivity index is 2.38. The van der Waals surface area contributed by atoms with Crippen LogP contribution in [0.25, 0.3) is 0 Å². The van der Waals surface area contributed by atoms with E-state index in [-0.39, 0.29) is 12.4 Å². The molecule has 0 spiro atoms. The summed E-state index contributed by atoms with van der Waals surface area (Å²) < 4.78 is 29.6. The predicted octanol–water partition coefficient (Wildman–Crippen LogP) is 0.839. The Kier molecular flexibility index (Phi) is 5.58. The van der Waals surface area contributed by atoms with E-state index in [2.05, 4.69) is 0 Å². The summed E-state index contributed by atoms with van der Waals surface area (Å²) in [5.74, 6) is 0.712. The standard InChI is InChI=1S/C12H19NO4S/c1-13(2)18(15,16)8-4-7-17-12-6-3-5-11(9-12)10-14/h3,5-6,9,14H,4,7-8,10H2,1-2H3. The first kappa shape index (κ1) is 14.9. The molecule has 0 aliphatic carbocycles. The van der Waals surface area contributed by atoms with Gasteiger partial charge >= 0.3 is 0 Å². The van der Waals surface area contributed by atoms with Crippen LogP contribution in [0.3, 0.4) is 0 Å². The van der Waals surface area contributed by atoms with Crippen LogP contribution in [0.4, 0.5) is 0 Å². The monoisotopic (exact) mass is 273 g/mol. The second-order valence-corrected chi connectivity index (χ2v) is 6.41. The molecule has 0 aliphatic rings. The predicted molar refractivity (Wildman–Crippen MR) is 70.0 cm³/mol. The molecule has 102 valence electrons. The van der Waals surface area contributed by atoms with Gasteiger partial charge in [0, 0.05) is 14.1 Å². The van der Waals surface area contributed by atoms with Crippen molar-refractivity contribution in [3.63, 3.8) is 0 Å². The molecule has 18 heavy (non-hydrogen) atoms. The first-order chi connectivity index (χ1) is 8.45. The zero-order chi connectivity index (χ0) is 13.6. The molecule has 1 N–H and O–H groups in total. The first-order valence-electron chi connectivity index (χ1n) is 5.68. The van der Waals surface area contributed by atoms with Crippen LogP contribution < -0.4 is 4.74 Å². The van der Waals surface area contributed by atoms with Gasteiger partial charge in [0.05, 0.1) is 19.0 Å². The lowest BCUT2D eigenvalue weighted by molar-refractivity contribution is 0.279. The Morgan fingerprint density at radius 3 is 2.67 bits per heavy atom. The number of aliphatic hydroxyl groups is 1. The molecule has 0 bridgehead atoms. The summed E-state index contributed by atoms with van der Waals surface area (Å²) in [6.07, 6.45) is 0.434. The van der Waals surface area contributed by atoms with Crippen molar-refractivity contribution < 1.29 is 18.3 Å². The fourth-order valence-electron chi connectivity index (χ4n) is 1.35. The summed E-state index contributed by atoms with van der Waals surface area (Å²) in [6, 6.07) is 7.10. The minimum atomic E-state index is -3.15. The van der Waals surface area contributed by atoms with Crippen LogP contribution in [0.15, 0.2) is 24.3 Å². The molecule has 0 aliphatic heterocycles. The highest BCUT2D eigenvalue weighted by molar-refractivity contribution is 7.89. The normalized spacial score (nSPS) is 11.8. The lowest BCUT2D eigenvalue weighted by atomic mass is 10.2. The Hall–Kier alpha value is -1.11. The molecule has 0 radical (unpaired) electrons. The summed E-state index contributed by atoms with van der Waals surface area (Å²) in [4.78, 5) is 0. The van der Waals surface area contributed by atoms with Gasteiger partial charge in [-0.3, -0.25) is 0 Å². The molecule has 0 atom stereocenters. The van der Waals surface area contributed by atoms with Gasteiger partial charge < -0.3 is 9.84 Å². The summed E-state index contributed by atoms with van der Waals surface area (Å²) in [5.41, 5.74) is 0.772. The van der Waals surface area contributed by atoms with E-state index in [1.54, 1.807) is 24.3 Å². The van der Waals surface area contributed by atoms with Gasteiger partial charge in [0.25, 0.3) is 0 Å². The number of hydrogen-bond acceptors (Lipinski definition) is 4. The third kappa shape index (κ3) is 4.64. The molecule has 1 aromatic rings. The SMILES string of the molecule is CN(C)S(=O)(=O)CCCOc1cccc(CO)c1. The number of hydrogen-bond donors (Lipinski definition) is 1. The van der Waals surface area contributed by atoms with Crippen LogP contribution >= 0.6 is 0 Å². The summed E-state index contributed by atoms with van der Waals surface area (Å²) >= 11 is 0. The molecule has 6 heteroatoms. The highest BCUT2D eigenvalue weighted by atomic mass is 32.2. The molecule has 0 saturated carbocycles. The van der Waals surface area contributed by atoms with E-state index < -0.39 is 10.0 Å². The van der Waals surface area contributed by atoms with Crippen LogP contribution in [0, 0.1) is 0 Å². The zero-order valence-electron chi connectivity index (χ0n) is 10.7. The van der Waals surface area contributed by atoms with Crippen molar-refractivity contribution >= 4 is 10.0 Å². The quantitative estimate of drug-likeness (QED) is 0.748. The van der Waals surface area contributed by atoms with E-state index >= 15 is 0 Å². The fraction of sp³-hybridized carbons (Fsp3) is 0.500. The van der Waals surface area contributed by atoms with E-state index in [4.69, 9.17) is 9.84 Å². The maximum atomic E-state index is 11.5. The Morgan fingerprint density at radius 1 is 1.33 bits per heavy atom. The lowest BCUT2D eigenvalue weighted by Crippen LogP contribution is -2.25. The molecule has 0 heterocycles. The molecular formula is C12H19NO4S. The van der Waals surface area contributed by atoms with E-state index in [1.807, 2.05) is 0 Å². The van der Waals surface area contributed by atoms with E-state index in [1.165, 1.54) is 18.4 Å². The van der Waals surface area contributed by atoms with Crippen LogP contribution in [0.5, 0.6) is 5.75 Å². The lowest BCUT2D eigenvalue weighted by Gasteiger charge is -2.11. The zero-order valence-corrected chi connectivity index (χ0v) is 11.5. The molecule has 0 fully saturated rings.